The maximum absolute atomic E-state index is 12.4. The van der Waals surface area contributed by atoms with Crippen molar-refractivity contribution >= 4 is 27.6 Å². The monoisotopic (exact) mass is 355 g/mol. The Morgan fingerprint density at radius 3 is 2.30 bits per heavy atom. The Balaban J connectivity index is 2.34. The third-order valence-electron chi connectivity index (χ3n) is 5.58. The number of nitrogens with one attached hydrogen (secondary N) is 1. The summed E-state index contributed by atoms with van der Waals surface area (Å²) in [6.07, 6.45) is -3.51. The third kappa shape index (κ3) is 1.71. The Morgan fingerprint density at radius 2 is 1.90 bits per heavy atom. The molecule has 0 aromatic rings. The zero-order chi connectivity index (χ0) is 15.6. The SMILES string of the molecule is CC1(C)[C@@]2(C)CC[C@@]1(C(=O)NCC(F)(F)F)[C@H](Br)C2=O. The predicted octanol–water partition coefficient (Wildman–Crippen LogP) is 2.82. The first kappa shape index (κ1) is 15.8. The number of ketones is 1. The van der Waals surface area contributed by atoms with Gasteiger partial charge in [0.1, 0.15) is 6.54 Å². The molecule has 7 heteroatoms. The van der Waals surface area contributed by atoms with Gasteiger partial charge >= 0.3 is 6.18 Å². The number of fused-ring (bicyclic) bond motifs is 2. The number of alkyl halides is 4. The van der Waals surface area contributed by atoms with Crippen LogP contribution in [-0.2, 0) is 9.59 Å². The van der Waals surface area contributed by atoms with Gasteiger partial charge in [-0.2, -0.15) is 13.2 Å². The van der Waals surface area contributed by atoms with Gasteiger partial charge in [0.2, 0.25) is 5.91 Å². The molecule has 3 nitrogen and oxygen atoms in total. The van der Waals surface area contributed by atoms with E-state index in [0.29, 0.717) is 12.8 Å². The molecule has 0 saturated heterocycles. The van der Waals surface area contributed by atoms with Gasteiger partial charge in [-0.15, -0.1) is 0 Å². The van der Waals surface area contributed by atoms with Crippen LogP contribution in [0.15, 0.2) is 0 Å². The predicted molar refractivity (Wildman–Crippen MR) is 70.3 cm³/mol. The molecule has 0 aliphatic heterocycles. The maximum atomic E-state index is 12.4. The summed E-state index contributed by atoms with van der Waals surface area (Å²) < 4.78 is 36.9. The van der Waals surface area contributed by atoms with Crippen molar-refractivity contribution in [3.8, 4) is 0 Å². The first-order valence-electron chi connectivity index (χ1n) is 6.43. The van der Waals surface area contributed by atoms with E-state index >= 15 is 0 Å². The van der Waals surface area contributed by atoms with Gasteiger partial charge in [-0.3, -0.25) is 9.59 Å². The molecule has 1 amide bonds. The van der Waals surface area contributed by atoms with Crippen molar-refractivity contribution in [2.24, 2.45) is 16.2 Å². The first-order valence-corrected chi connectivity index (χ1v) is 7.35. The normalized spacial score (nSPS) is 39.1. The van der Waals surface area contributed by atoms with E-state index < -0.39 is 39.7 Å². The van der Waals surface area contributed by atoms with Crippen LogP contribution in [0, 0.1) is 16.2 Å². The molecule has 2 aliphatic rings. The van der Waals surface area contributed by atoms with Crippen molar-refractivity contribution in [2.45, 2.75) is 44.6 Å². The number of carbonyl (C=O) groups is 2. The summed E-state index contributed by atoms with van der Waals surface area (Å²) in [5.41, 5.74) is -2.46. The summed E-state index contributed by atoms with van der Waals surface area (Å²) in [6, 6.07) is 0. The van der Waals surface area contributed by atoms with Gasteiger partial charge in [0, 0.05) is 5.41 Å². The van der Waals surface area contributed by atoms with Crippen molar-refractivity contribution < 1.29 is 22.8 Å². The van der Waals surface area contributed by atoms with Crippen LogP contribution in [0.2, 0.25) is 0 Å². The zero-order valence-electron chi connectivity index (χ0n) is 11.5. The second-order valence-corrected chi connectivity index (χ2v) is 7.37. The summed E-state index contributed by atoms with van der Waals surface area (Å²) in [6.45, 7) is 4.03. The van der Waals surface area contributed by atoms with Crippen molar-refractivity contribution in [3.05, 3.63) is 0 Å². The minimum Gasteiger partial charge on any atom is -0.346 e. The van der Waals surface area contributed by atoms with E-state index in [1.54, 1.807) is 20.8 Å². The van der Waals surface area contributed by atoms with Gasteiger partial charge in [0.25, 0.3) is 0 Å². The van der Waals surface area contributed by atoms with E-state index in [1.165, 1.54) is 0 Å². The molecule has 2 fully saturated rings. The molecule has 0 aromatic heterocycles. The Kier molecular flexibility index (Phi) is 3.32. The lowest BCUT2D eigenvalue weighted by Gasteiger charge is -2.39. The number of rotatable bonds is 2. The summed E-state index contributed by atoms with van der Waals surface area (Å²) in [4.78, 5) is 24.0. The Morgan fingerprint density at radius 1 is 1.35 bits per heavy atom. The van der Waals surface area contributed by atoms with Crippen LogP contribution >= 0.6 is 15.9 Å². The number of hydrogen-bond donors (Lipinski definition) is 1. The highest BCUT2D eigenvalue weighted by atomic mass is 79.9. The highest BCUT2D eigenvalue weighted by Crippen LogP contribution is 2.72. The average Bonchev–Trinajstić information content (AvgIpc) is 2.58. The molecule has 20 heavy (non-hydrogen) atoms. The smallest absolute Gasteiger partial charge is 0.346 e. The molecule has 3 atom stereocenters. The van der Waals surface area contributed by atoms with Gasteiger partial charge in [-0.05, 0) is 18.3 Å². The van der Waals surface area contributed by atoms with Crippen LogP contribution in [-0.4, -0.2) is 29.2 Å². The molecule has 0 unspecified atom stereocenters. The zero-order valence-corrected chi connectivity index (χ0v) is 13.1. The van der Waals surface area contributed by atoms with Gasteiger partial charge in [-0.25, -0.2) is 0 Å². The topological polar surface area (TPSA) is 46.2 Å². The van der Waals surface area contributed by atoms with Gasteiger partial charge < -0.3 is 5.32 Å². The molecule has 1 N–H and O–H groups in total. The van der Waals surface area contributed by atoms with E-state index in [0.717, 1.165) is 0 Å². The quantitative estimate of drug-likeness (QED) is 0.774. The number of Topliss-reactive ketones (excluding diaryl/α,β-unsaturated/α-hetero) is 1. The van der Waals surface area contributed by atoms with Crippen LogP contribution in [0.5, 0.6) is 0 Å². The summed E-state index contributed by atoms with van der Waals surface area (Å²) in [7, 11) is 0. The highest BCUT2D eigenvalue weighted by molar-refractivity contribution is 9.10. The van der Waals surface area contributed by atoms with Gasteiger partial charge in [-0.1, -0.05) is 36.7 Å². The molecule has 114 valence electrons. The van der Waals surface area contributed by atoms with Crippen molar-refractivity contribution in [1.29, 1.82) is 0 Å². The lowest BCUT2D eigenvalue weighted by molar-refractivity contribution is -0.148. The Hall–Kier alpha value is -0.590. The van der Waals surface area contributed by atoms with Crippen LogP contribution in [0.1, 0.15) is 33.6 Å². The largest absolute Gasteiger partial charge is 0.405 e. The van der Waals surface area contributed by atoms with E-state index in [2.05, 4.69) is 15.9 Å². The van der Waals surface area contributed by atoms with Crippen molar-refractivity contribution in [2.75, 3.05) is 6.54 Å². The van der Waals surface area contributed by atoms with Gasteiger partial charge in [0.05, 0.1) is 10.2 Å². The molecule has 2 aliphatic carbocycles. The second-order valence-electron chi connectivity index (χ2n) is 6.45. The first-order chi connectivity index (χ1) is 8.90. The number of hydrogen-bond acceptors (Lipinski definition) is 2. The van der Waals surface area contributed by atoms with Crippen LogP contribution in [0.3, 0.4) is 0 Å². The van der Waals surface area contributed by atoms with E-state index in [9.17, 15) is 22.8 Å². The number of carbonyl (C=O) groups excluding carboxylic acids is 2. The average molecular weight is 356 g/mol. The highest BCUT2D eigenvalue weighted by Gasteiger charge is 2.76. The molecule has 0 spiro atoms. The summed E-state index contributed by atoms with van der Waals surface area (Å²) in [5, 5.41) is 1.96. The van der Waals surface area contributed by atoms with Crippen LogP contribution < -0.4 is 5.32 Å². The number of amides is 1. The lowest BCUT2D eigenvalue weighted by atomic mass is 9.64. The Bertz CT molecular complexity index is 477. The van der Waals surface area contributed by atoms with E-state index in [4.69, 9.17) is 0 Å². The van der Waals surface area contributed by atoms with Crippen LogP contribution in [0.4, 0.5) is 13.2 Å². The fraction of sp³-hybridized carbons (Fsp3) is 0.846. The van der Waals surface area contributed by atoms with Gasteiger partial charge in [0.15, 0.2) is 5.78 Å². The lowest BCUT2D eigenvalue weighted by Crippen LogP contribution is -2.52. The molecular formula is C13H17BrF3NO2. The van der Waals surface area contributed by atoms with E-state index in [-0.39, 0.29) is 5.78 Å². The van der Waals surface area contributed by atoms with Crippen molar-refractivity contribution in [1.82, 2.24) is 5.32 Å². The minimum atomic E-state index is -4.46. The minimum absolute atomic E-state index is 0.0871. The molecule has 0 heterocycles. The molecular weight excluding hydrogens is 339 g/mol. The molecule has 0 aromatic carbocycles. The molecule has 0 radical (unpaired) electrons. The molecule has 2 rings (SSSR count). The van der Waals surface area contributed by atoms with E-state index in [1.807, 2.05) is 5.32 Å². The fourth-order valence-corrected chi connectivity index (χ4v) is 5.31. The maximum Gasteiger partial charge on any atom is 0.405 e. The summed E-state index contributed by atoms with van der Waals surface area (Å²) in [5.74, 6) is -0.771. The number of halogens is 4. The second kappa shape index (κ2) is 4.21. The van der Waals surface area contributed by atoms with Crippen LogP contribution in [0.25, 0.3) is 0 Å². The standard InChI is InChI=1S/C13H17BrF3NO2/c1-10(2)11(3)4-5-12(10,7(14)8(11)19)9(20)18-6-13(15,16)17/h7H,4-6H2,1-3H3,(H,18,20)/t7-,11+,12+/m1/s1. The van der Waals surface area contributed by atoms with Crippen molar-refractivity contribution in [3.63, 3.8) is 0 Å². The summed E-state index contributed by atoms with van der Waals surface area (Å²) >= 11 is 3.26. The Labute approximate surface area is 123 Å². The molecule has 2 saturated carbocycles. The fourth-order valence-electron chi connectivity index (χ4n) is 3.79. The molecule has 2 bridgehead atoms. The third-order valence-corrected chi connectivity index (χ3v) is 6.77.